The molecule has 160 valence electrons. The summed E-state index contributed by atoms with van der Waals surface area (Å²) < 4.78 is 5.33. The van der Waals surface area contributed by atoms with E-state index in [1.807, 2.05) is 6.07 Å². The Kier molecular flexibility index (Phi) is 10.8. The molecule has 1 amide bonds. The molecule has 28 heavy (non-hydrogen) atoms. The lowest BCUT2D eigenvalue weighted by Crippen LogP contribution is -2.56. The van der Waals surface area contributed by atoms with Crippen LogP contribution < -0.4 is 11.1 Å². The fraction of sp³-hybridized carbons (Fsp3) is 0.667. The number of nitrogens with zero attached hydrogens (tertiary/aromatic N) is 1. The first-order valence-electron chi connectivity index (χ1n) is 10.0. The van der Waals surface area contributed by atoms with Crippen LogP contribution in [-0.2, 0) is 22.6 Å². The second kappa shape index (κ2) is 12.0. The lowest BCUT2D eigenvalue weighted by Gasteiger charge is -2.32. The molecule has 1 aromatic rings. The molecular formula is C21H35Cl2N3O2. The lowest BCUT2D eigenvalue weighted by molar-refractivity contribution is -0.129. The molecule has 2 aliphatic rings. The van der Waals surface area contributed by atoms with E-state index in [-0.39, 0.29) is 30.7 Å². The highest BCUT2D eigenvalue weighted by molar-refractivity contribution is 5.86. The van der Waals surface area contributed by atoms with Crippen molar-refractivity contribution in [3.05, 3.63) is 35.4 Å². The third kappa shape index (κ3) is 6.60. The Bertz CT molecular complexity index is 603. The summed E-state index contributed by atoms with van der Waals surface area (Å²) in [5.41, 5.74) is 7.97. The molecule has 0 atom stereocenters. The maximum Gasteiger partial charge on any atom is 0.240 e. The summed E-state index contributed by atoms with van der Waals surface area (Å²) in [5, 5.41) is 3.06. The fourth-order valence-electron chi connectivity index (χ4n) is 4.12. The van der Waals surface area contributed by atoms with Crippen molar-refractivity contribution in [2.75, 3.05) is 20.3 Å². The second-order valence-electron chi connectivity index (χ2n) is 7.93. The van der Waals surface area contributed by atoms with Crippen LogP contribution in [0.5, 0.6) is 0 Å². The van der Waals surface area contributed by atoms with Gasteiger partial charge in [-0.2, -0.15) is 0 Å². The molecule has 1 saturated heterocycles. The van der Waals surface area contributed by atoms with Gasteiger partial charge in [0.05, 0.1) is 5.54 Å². The number of nitrogens with two attached hydrogens (primary N) is 1. The minimum Gasteiger partial charge on any atom is -0.381 e. The first kappa shape index (κ1) is 25.2. The van der Waals surface area contributed by atoms with Gasteiger partial charge in [-0.3, -0.25) is 9.69 Å². The fourth-order valence-corrected chi connectivity index (χ4v) is 4.12. The minimum atomic E-state index is -0.786. The van der Waals surface area contributed by atoms with E-state index >= 15 is 0 Å². The number of halogens is 2. The van der Waals surface area contributed by atoms with Crippen molar-refractivity contribution in [3.63, 3.8) is 0 Å². The van der Waals surface area contributed by atoms with E-state index < -0.39 is 5.54 Å². The van der Waals surface area contributed by atoms with E-state index in [4.69, 9.17) is 10.5 Å². The van der Waals surface area contributed by atoms with Crippen LogP contribution in [0.15, 0.2) is 24.3 Å². The van der Waals surface area contributed by atoms with Crippen molar-refractivity contribution in [2.24, 2.45) is 5.73 Å². The molecule has 1 saturated carbocycles. The van der Waals surface area contributed by atoms with Crippen LogP contribution in [-0.4, -0.2) is 42.6 Å². The summed E-state index contributed by atoms with van der Waals surface area (Å²) in [7, 11) is 2.22. The molecule has 1 heterocycles. The van der Waals surface area contributed by atoms with Crippen molar-refractivity contribution in [1.82, 2.24) is 10.2 Å². The number of hydrogen-bond acceptors (Lipinski definition) is 4. The average molecular weight is 432 g/mol. The second-order valence-corrected chi connectivity index (χ2v) is 7.93. The maximum absolute atomic E-state index is 12.6. The summed E-state index contributed by atoms with van der Waals surface area (Å²) in [6.45, 7) is 2.59. The summed E-state index contributed by atoms with van der Waals surface area (Å²) >= 11 is 0. The van der Waals surface area contributed by atoms with Crippen LogP contribution in [0.3, 0.4) is 0 Å². The van der Waals surface area contributed by atoms with Crippen molar-refractivity contribution < 1.29 is 9.53 Å². The largest absolute Gasteiger partial charge is 0.381 e. The van der Waals surface area contributed by atoms with E-state index in [2.05, 4.69) is 35.5 Å². The number of ether oxygens (including phenoxy) is 1. The molecule has 0 unspecified atom stereocenters. The van der Waals surface area contributed by atoms with Crippen LogP contribution in [0.1, 0.15) is 56.1 Å². The van der Waals surface area contributed by atoms with Crippen molar-refractivity contribution in [1.29, 1.82) is 0 Å². The molecule has 3 rings (SSSR count). The van der Waals surface area contributed by atoms with Gasteiger partial charge in [-0.05, 0) is 43.9 Å². The molecule has 1 aliphatic heterocycles. The molecule has 0 spiro atoms. The Morgan fingerprint density at radius 3 is 2.39 bits per heavy atom. The molecule has 1 aromatic carbocycles. The lowest BCUT2D eigenvalue weighted by atomic mass is 9.90. The monoisotopic (exact) mass is 431 g/mol. The van der Waals surface area contributed by atoms with Crippen molar-refractivity contribution in [2.45, 2.75) is 69.6 Å². The molecule has 0 radical (unpaired) electrons. The quantitative estimate of drug-likeness (QED) is 0.723. The number of rotatable bonds is 6. The van der Waals surface area contributed by atoms with Crippen LogP contribution in [0, 0.1) is 0 Å². The number of nitrogens with one attached hydrogen (secondary N) is 1. The third-order valence-electron chi connectivity index (χ3n) is 6.01. The smallest absolute Gasteiger partial charge is 0.240 e. The summed E-state index contributed by atoms with van der Waals surface area (Å²) in [4.78, 5) is 15.0. The summed E-state index contributed by atoms with van der Waals surface area (Å²) in [6, 6.07) is 9.09. The first-order valence-corrected chi connectivity index (χ1v) is 10.0. The molecule has 1 aliphatic carbocycles. The van der Waals surface area contributed by atoms with Gasteiger partial charge < -0.3 is 15.8 Å². The zero-order valence-electron chi connectivity index (χ0n) is 16.8. The van der Waals surface area contributed by atoms with Crippen molar-refractivity contribution in [3.8, 4) is 0 Å². The number of carbonyl (C=O) groups excluding carboxylic acids is 1. The highest BCUT2D eigenvalue weighted by atomic mass is 35.5. The average Bonchev–Trinajstić information content (AvgIpc) is 2.68. The van der Waals surface area contributed by atoms with Crippen LogP contribution in [0.25, 0.3) is 0 Å². The third-order valence-corrected chi connectivity index (χ3v) is 6.01. The molecule has 7 heteroatoms. The Labute approximate surface area is 181 Å². The van der Waals surface area contributed by atoms with E-state index in [1.54, 1.807) is 0 Å². The minimum absolute atomic E-state index is 0. The van der Waals surface area contributed by atoms with Crippen LogP contribution in [0.2, 0.25) is 0 Å². The SMILES string of the molecule is CN(Cc1ccccc1CNC(=O)C1(N)CCOCC1)C1CCCCC1.Cl.Cl. The van der Waals surface area contributed by atoms with Gasteiger partial charge in [-0.1, -0.05) is 43.5 Å². The Balaban J connectivity index is 0.00000196. The number of amides is 1. The zero-order chi connectivity index (χ0) is 18.4. The van der Waals surface area contributed by atoms with Crippen LogP contribution >= 0.6 is 24.8 Å². The molecule has 0 bridgehead atoms. The van der Waals surface area contributed by atoms with Gasteiger partial charge in [-0.15, -0.1) is 24.8 Å². The predicted molar refractivity (Wildman–Crippen MR) is 118 cm³/mol. The first-order chi connectivity index (χ1) is 12.6. The Morgan fingerprint density at radius 1 is 1.14 bits per heavy atom. The van der Waals surface area contributed by atoms with Gasteiger partial charge in [0.15, 0.2) is 0 Å². The highest BCUT2D eigenvalue weighted by Crippen LogP contribution is 2.24. The van der Waals surface area contributed by atoms with Gasteiger partial charge in [0, 0.05) is 32.3 Å². The van der Waals surface area contributed by atoms with E-state index in [0.717, 1.165) is 6.54 Å². The number of carbonyl (C=O) groups is 1. The van der Waals surface area contributed by atoms with E-state index in [1.165, 1.54) is 43.2 Å². The maximum atomic E-state index is 12.6. The Hall–Kier alpha value is -0.850. The van der Waals surface area contributed by atoms with E-state index in [9.17, 15) is 4.79 Å². The highest BCUT2D eigenvalue weighted by Gasteiger charge is 2.35. The number of benzene rings is 1. The van der Waals surface area contributed by atoms with Gasteiger partial charge >= 0.3 is 0 Å². The predicted octanol–water partition coefficient (Wildman–Crippen LogP) is 3.42. The van der Waals surface area contributed by atoms with E-state index in [0.29, 0.717) is 38.6 Å². The van der Waals surface area contributed by atoms with Gasteiger partial charge in [0.25, 0.3) is 0 Å². The molecule has 5 nitrogen and oxygen atoms in total. The Morgan fingerprint density at radius 2 is 1.75 bits per heavy atom. The zero-order valence-corrected chi connectivity index (χ0v) is 18.5. The molecule has 2 fully saturated rings. The van der Waals surface area contributed by atoms with Gasteiger partial charge in [0.1, 0.15) is 0 Å². The standard InChI is InChI=1S/C21H33N3O2.2ClH/c1-24(19-9-3-2-4-10-19)16-18-8-6-5-7-17(18)15-23-20(25)21(22)11-13-26-14-12-21;;/h5-8,19H,2-4,9-16,22H2,1H3,(H,23,25);2*1H. The molecule has 3 N–H and O–H groups in total. The summed E-state index contributed by atoms with van der Waals surface area (Å²) in [6.07, 6.45) is 7.83. The topological polar surface area (TPSA) is 67.6 Å². The van der Waals surface area contributed by atoms with Crippen molar-refractivity contribution >= 4 is 30.7 Å². The molecular weight excluding hydrogens is 397 g/mol. The summed E-state index contributed by atoms with van der Waals surface area (Å²) in [5.74, 6) is -0.0590. The van der Waals surface area contributed by atoms with Gasteiger partial charge in [0.2, 0.25) is 5.91 Å². The van der Waals surface area contributed by atoms with Crippen LogP contribution in [0.4, 0.5) is 0 Å². The number of hydrogen-bond donors (Lipinski definition) is 2. The molecule has 0 aromatic heterocycles. The normalized spacial score (nSPS) is 19.4. The van der Waals surface area contributed by atoms with Gasteiger partial charge in [-0.25, -0.2) is 0 Å².